The van der Waals surface area contributed by atoms with Crippen LogP contribution in [0.4, 0.5) is 13.2 Å². The van der Waals surface area contributed by atoms with Crippen LogP contribution in [0.5, 0.6) is 11.5 Å². The zero-order valence-electron chi connectivity index (χ0n) is 14.4. The van der Waals surface area contributed by atoms with Crippen LogP contribution in [0, 0.1) is 11.8 Å². The van der Waals surface area contributed by atoms with Crippen molar-refractivity contribution in [3.05, 3.63) is 58.1 Å². The van der Waals surface area contributed by atoms with Gasteiger partial charge in [0.2, 0.25) is 0 Å². The number of nitrogens with one attached hydrogen (secondary N) is 1. The molecule has 0 aliphatic heterocycles. The number of carbonyl (C=O) groups excluding carboxylic acids is 1. The van der Waals surface area contributed by atoms with Crippen molar-refractivity contribution in [1.82, 2.24) is 5.32 Å². The minimum absolute atomic E-state index is 0.0545. The number of benzene rings is 2. The molecule has 0 spiro atoms. The lowest BCUT2D eigenvalue weighted by Crippen LogP contribution is -2.23. The van der Waals surface area contributed by atoms with E-state index in [-0.39, 0.29) is 22.7 Å². The predicted octanol–water partition coefficient (Wildman–Crippen LogP) is 4.16. The highest BCUT2D eigenvalue weighted by molar-refractivity contribution is 6.32. The number of alkyl halides is 3. The fraction of sp³-hybridized carbons (Fsp3) is 0.211. The summed E-state index contributed by atoms with van der Waals surface area (Å²) in [7, 11) is 2.84. The van der Waals surface area contributed by atoms with Crippen LogP contribution in [0.2, 0.25) is 5.02 Å². The van der Waals surface area contributed by atoms with E-state index in [0.717, 1.165) is 12.1 Å². The lowest BCUT2D eigenvalue weighted by Gasteiger charge is -2.11. The first-order valence-electron chi connectivity index (χ1n) is 7.62. The molecule has 0 bridgehead atoms. The van der Waals surface area contributed by atoms with Gasteiger partial charge in [-0.1, -0.05) is 29.5 Å². The maximum atomic E-state index is 12.7. The number of ether oxygens (including phenoxy) is 2. The molecule has 2 aromatic rings. The Bertz CT molecular complexity index is 901. The van der Waals surface area contributed by atoms with E-state index in [1.54, 1.807) is 0 Å². The number of carbonyl (C=O) groups is 1. The topological polar surface area (TPSA) is 47.6 Å². The third-order valence-corrected chi connectivity index (χ3v) is 3.74. The molecule has 8 heteroatoms. The van der Waals surface area contributed by atoms with E-state index in [4.69, 9.17) is 21.1 Å². The molecule has 4 nitrogen and oxygen atoms in total. The quantitative estimate of drug-likeness (QED) is 0.788. The minimum atomic E-state index is -4.43. The molecule has 142 valence electrons. The van der Waals surface area contributed by atoms with E-state index in [9.17, 15) is 18.0 Å². The second-order valence-electron chi connectivity index (χ2n) is 5.26. The van der Waals surface area contributed by atoms with Gasteiger partial charge < -0.3 is 14.8 Å². The monoisotopic (exact) mass is 397 g/mol. The number of halogens is 4. The van der Waals surface area contributed by atoms with E-state index in [0.29, 0.717) is 11.5 Å². The Labute approximate surface area is 159 Å². The lowest BCUT2D eigenvalue weighted by molar-refractivity contribution is -0.137. The summed E-state index contributed by atoms with van der Waals surface area (Å²) in [5, 5.41) is 2.75. The third kappa shape index (κ3) is 5.31. The number of hydrogen-bond donors (Lipinski definition) is 1. The van der Waals surface area contributed by atoms with Gasteiger partial charge in [-0.3, -0.25) is 4.79 Å². The summed E-state index contributed by atoms with van der Waals surface area (Å²) < 4.78 is 48.2. The molecule has 0 aliphatic carbocycles. The highest BCUT2D eigenvalue weighted by Crippen LogP contribution is 2.36. The summed E-state index contributed by atoms with van der Waals surface area (Å²) in [6.45, 7) is -0.0545. The lowest BCUT2D eigenvalue weighted by atomic mass is 10.1. The molecule has 0 fully saturated rings. The first kappa shape index (κ1) is 20.5. The molecule has 1 amide bonds. The van der Waals surface area contributed by atoms with Crippen molar-refractivity contribution in [3.8, 4) is 23.3 Å². The smallest absolute Gasteiger partial charge is 0.416 e. The van der Waals surface area contributed by atoms with Crippen LogP contribution < -0.4 is 14.8 Å². The molecule has 2 rings (SSSR count). The van der Waals surface area contributed by atoms with Gasteiger partial charge in [-0.15, -0.1) is 0 Å². The van der Waals surface area contributed by atoms with Gasteiger partial charge in [0.25, 0.3) is 5.91 Å². The van der Waals surface area contributed by atoms with Gasteiger partial charge in [0.15, 0.2) is 11.5 Å². The van der Waals surface area contributed by atoms with Gasteiger partial charge in [-0.05, 0) is 30.3 Å². The van der Waals surface area contributed by atoms with Crippen molar-refractivity contribution in [3.63, 3.8) is 0 Å². The summed E-state index contributed by atoms with van der Waals surface area (Å²) in [6.07, 6.45) is -4.43. The molecule has 0 atom stereocenters. The third-order valence-electron chi connectivity index (χ3n) is 3.46. The largest absolute Gasteiger partial charge is 0.493 e. The molecule has 0 aromatic heterocycles. The van der Waals surface area contributed by atoms with Gasteiger partial charge in [-0.25, -0.2) is 0 Å². The van der Waals surface area contributed by atoms with Crippen molar-refractivity contribution in [2.24, 2.45) is 0 Å². The van der Waals surface area contributed by atoms with E-state index in [1.165, 1.54) is 38.5 Å². The second-order valence-corrected chi connectivity index (χ2v) is 5.66. The maximum absolute atomic E-state index is 12.7. The van der Waals surface area contributed by atoms with Gasteiger partial charge in [0, 0.05) is 11.1 Å². The molecule has 0 aliphatic rings. The molecule has 0 radical (unpaired) electrons. The summed E-state index contributed by atoms with van der Waals surface area (Å²) >= 11 is 6.05. The second kappa shape index (κ2) is 8.69. The zero-order valence-corrected chi connectivity index (χ0v) is 15.2. The minimum Gasteiger partial charge on any atom is -0.493 e. The molecule has 1 N–H and O–H groups in total. The number of amides is 1. The fourth-order valence-corrected chi connectivity index (χ4v) is 2.48. The average Bonchev–Trinajstić information content (AvgIpc) is 2.63. The van der Waals surface area contributed by atoms with Crippen LogP contribution in [0.1, 0.15) is 21.5 Å². The van der Waals surface area contributed by atoms with Gasteiger partial charge in [0.1, 0.15) is 0 Å². The Morgan fingerprint density at radius 2 is 1.93 bits per heavy atom. The highest BCUT2D eigenvalue weighted by atomic mass is 35.5. The summed E-state index contributed by atoms with van der Waals surface area (Å²) in [4.78, 5) is 12.2. The van der Waals surface area contributed by atoms with Crippen molar-refractivity contribution >= 4 is 17.5 Å². The Morgan fingerprint density at radius 3 is 2.56 bits per heavy atom. The molecular weight excluding hydrogens is 383 g/mol. The molecule has 0 heterocycles. The van der Waals surface area contributed by atoms with E-state index in [1.807, 2.05) is 0 Å². The van der Waals surface area contributed by atoms with Gasteiger partial charge in [0.05, 0.1) is 31.4 Å². The Hall–Kier alpha value is -2.85. The molecule has 0 saturated carbocycles. The van der Waals surface area contributed by atoms with E-state index >= 15 is 0 Å². The van der Waals surface area contributed by atoms with Crippen molar-refractivity contribution in [1.29, 1.82) is 0 Å². The molecule has 0 saturated heterocycles. The van der Waals surface area contributed by atoms with Crippen molar-refractivity contribution < 1.29 is 27.4 Å². The van der Waals surface area contributed by atoms with Crippen LogP contribution in [0.25, 0.3) is 0 Å². The van der Waals surface area contributed by atoms with Gasteiger partial charge >= 0.3 is 6.18 Å². The normalized spacial score (nSPS) is 10.6. The van der Waals surface area contributed by atoms with Crippen LogP contribution in [-0.4, -0.2) is 26.7 Å². The Kier molecular flexibility index (Phi) is 6.59. The molecule has 27 heavy (non-hydrogen) atoms. The molecular formula is C19H15ClF3NO3. The van der Waals surface area contributed by atoms with Crippen LogP contribution in [-0.2, 0) is 6.18 Å². The van der Waals surface area contributed by atoms with Crippen molar-refractivity contribution in [2.45, 2.75) is 6.18 Å². The average molecular weight is 398 g/mol. The van der Waals surface area contributed by atoms with E-state index < -0.39 is 17.6 Å². The van der Waals surface area contributed by atoms with E-state index in [2.05, 4.69) is 17.2 Å². The SMILES string of the molecule is COc1cc(C(=O)NCC#Cc2cccc(C(F)(F)F)c2)cc(Cl)c1OC. The molecule has 2 aromatic carbocycles. The van der Waals surface area contributed by atoms with Crippen molar-refractivity contribution in [2.75, 3.05) is 20.8 Å². The summed E-state index contributed by atoms with van der Waals surface area (Å²) in [5.41, 5.74) is -0.343. The predicted molar refractivity (Wildman–Crippen MR) is 95.2 cm³/mol. The fourth-order valence-electron chi connectivity index (χ4n) is 2.20. The Balaban J connectivity index is 2.06. The van der Waals surface area contributed by atoms with Crippen LogP contribution in [0.3, 0.4) is 0 Å². The first-order valence-corrected chi connectivity index (χ1v) is 8.00. The number of hydrogen-bond acceptors (Lipinski definition) is 3. The molecule has 0 unspecified atom stereocenters. The summed E-state index contributed by atoms with van der Waals surface area (Å²) in [6, 6.07) is 7.52. The van der Waals surface area contributed by atoms with Gasteiger partial charge in [-0.2, -0.15) is 13.2 Å². The summed E-state index contributed by atoms with van der Waals surface area (Å²) in [5.74, 6) is 5.33. The maximum Gasteiger partial charge on any atom is 0.416 e. The highest BCUT2D eigenvalue weighted by Gasteiger charge is 2.30. The Morgan fingerprint density at radius 1 is 1.19 bits per heavy atom. The zero-order chi connectivity index (χ0) is 20.0. The number of rotatable bonds is 4. The first-order chi connectivity index (χ1) is 12.8. The standard InChI is InChI=1S/C19H15ClF3NO3/c1-26-16-11-13(10-15(20)17(16)27-2)18(25)24-8-4-6-12-5-3-7-14(9-12)19(21,22)23/h3,5,7,9-11H,8H2,1-2H3,(H,24,25). The number of methoxy groups -OCH3 is 2. The van der Waals surface area contributed by atoms with Crippen LogP contribution in [0.15, 0.2) is 36.4 Å². The van der Waals surface area contributed by atoms with Crippen LogP contribution >= 0.6 is 11.6 Å².